The number of hydrogen-bond donors (Lipinski definition) is 1. The molecule has 2 atom stereocenters. The summed E-state index contributed by atoms with van der Waals surface area (Å²) in [4.78, 5) is 26.6. The second-order valence-corrected chi connectivity index (χ2v) is 9.01. The van der Waals surface area contributed by atoms with Crippen LogP contribution in [0.3, 0.4) is 0 Å². The molecule has 2 aliphatic rings. The van der Waals surface area contributed by atoms with Crippen molar-refractivity contribution in [1.29, 1.82) is 0 Å². The average Bonchev–Trinajstić information content (AvgIpc) is 3.44. The van der Waals surface area contributed by atoms with E-state index in [-0.39, 0.29) is 6.04 Å². The fourth-order valence-corrected chi connectivity index (χ4v) is 5.80. The highest BCUT2D eigenvalue weighted by Gasteiger charge is 2.35. The van der Waals surface area contributed by atoms with Gasteiger partial charge >= 0.3 is 0 Å². The number of H-pyrrole nitrogens is 1. The van der Waals surface area contributed by atoms with Gasteiger partial charge in [-0.15, -0.1) is 0 Å². The highest BCUT2D eigenvalue weighted by Crippen LogP contribution is 2.41. The van der Waals surface area contributed by atoms with E-state index in [1.165, 1.54) is 17.2 Å². The molecule has 4 heterocycles. The summed E-state index contributed by atoms with van der Waals surface area (Å²) < 4.78 is 5.33. The number of ether oxygens (including phenoxy) is 1. The van der Waals surface area contributed by atoms with Crippen LogP contribution in [-0.2, 0) is 9.53 Å². The molecule has 0 spiro atoms. The zero-order valence-corrected chi connectivity index (χ0v) is 17.6. The molecule has 1 saturated heterocycles. The number of nitrogens with one attached hydrogen (secondary N) is 1. The van der Waals surface area contributed by atoms with E-state index in [1.807, 2.05) is 18.6 Å². The molecule has 6 heteroatoms. The number of carbonyl (C=O) groups excluding carboxylic acids is 1. The number of aldehydes is 1. The van der Waals surface area contributed by atoms with Crippen LogP contribution in [0.1, 0.15) is 43.6 Å². The Bertz CT molecular complexity index is 1020. The third kappa shape index (κ3) is 3.52. The van der Waals surface area contributed by atoms with Crippen molar-refractivity contribution < 1.29 is 9.53 Å². The smallest absolute Gasteiger partial charge is 0.159 e. The minimum atomic E-state index is 0.0591. The van der Waals surface area contributed by atoms with Gasteiger partial charge in [0.15, 0.2) is 5.65 Å². The Kier molecular flexibility index (Phi) is 5.52. The zero-order chi connectivity index (χ0) is 20.5. The number of likely N-dealkylation sites (tertiary alicyclic amines) is 1. The maximum Gasteiger partial charge on any atom is 0.159 e. The minimum absolute atomic E-state index is 0.0591. The number of fused-ring (bicyclic) bond motifs is 3. The molecule has 3 aromatic heterocycles. The molecule has 3 aromatic rings. The summed E-state index contributed by atoms with van der Waals surface area (Å²) in [5.41, 5.74) is 3.28. The molecule has 6 nitrogen and oxygen atoms in total. The molecular weight excluding hydrogens is 376 g/mol. The molecule has 5 rings (SSSR count). The van der Waals surface area contributed by atoms with Gasteiger partial charge in [0.05, 0.1) is 24.4 Å². The summed E-state index contributed by atoms with van der Waals surface area (Å²) in [6.45, 7) is 2.81. The quantitative estimate of drug-likeness (QED) is 0.628. The predicted octanol–water partition coefficient (Wildman–Crippen LogP) is 3.92. The van der Waals surface area contributed by atoms with Crippen molar-refractivity contribution >= 4 is 28.2 Å². The van der Waals surface area contributed by atoms with Crippen LogP contribution in [0.4, 0.5) is 0 Å². The molecule has 30 heavy (non-hydrogen) atoms. The minimum Gasteiger partial charge on any atom is -0.384 e. The predicted molar refractivity (Wildman–Crippen MR) is 118 cm³/mol. The van der Waals surface area contributed by atoms with E-state index >= 15 is 0 Å². The fraction of sp³-hybridized carbons (Fsp3) is 0.542. The molecule has 0 radical (unpaired) electrons. The number of rotatable bonds is 6. The van der Waals surface area contributed by atoms with Crippen molar-refractivity contribution in [2.24, 2.45) is 11.8 Å². The standard InChI is InChI=1S/C24H30N4O2/c1-30-15-16-8-11-28(13-16)22(14-29)18-4-2-17(3-5-18)19-6-9-25-21-12-27-24-20(23(19)21)7-10-26-24/h6-7,9-10,12,14,16-18,22,25H,2-5,8,11,13,15H2,1H3. The lowest BCUT2D eigenvalue weighted by Gasteiger charge is -2.36. The molecule has 0 aromatic carbocycles. The van der Waals surface area contributed by atoms with Crippen LogP contribution in [0.25, 0.3) is 21.9 Å². The van der Waals surface area contributed by atoms with E-state index < -0.39 is 0 Å². The second kappa shape index (κ2) is 8.44. The highest BCUT2D eigenvalue weighted by atomic mass is 16.5. The molecule has 158 valence electrons. The SMILES string of the molecule is COCC1CCN(C(C=O)C2CCC(c3cc[nH]c4cnc5nccc5c34)CC2)C1. The van der Waals surface area contributed by atoms with Gasteiger partial charge in [0, 0.05) is 36.8 Å². The van der Waals surface area contributed by atoms with E-state index in [0.717, 1.165) is 68.4 Å². The Labute approximate surface area is 177 Å². The van der Waals surface area contributed by atoms with Gasteiger partial charge in [0.25, 0.3) is 0 Å². The van der Waals surface area contributed by atoms with Crippen LogP contribution in [0, 0.1) is 11.8 Å². The lowest BCUT2D eigenvalue weighted by Crippen LogP contribution is -2.42. The maximum atomic E-state index is 12.0. The molecule has 1 aliphatic carbocycles. The first-order valence-electron chi connectivity index (χ1n) is 11.2. The van der Waals surface area contributed by atoms with Gasteiger partial charge < -0.3 is 14.5 Å². The van der Waals surface area contributed by atoms with E-state index in [2.05, 4.69) is 32.0 Å². The van der Waals surface area contributed by atoms with E-state index in [9.17, 15) is 4.79 Å². The van der Waals surface area contributed by atoms with Crippen molar-refractivity contribution in [3.8, 4) is 0 Å². The number of aromatic amines is 1. The topological polar surface area (TPSA) is 71.1 Å². The summed E-state index contributed by atoms with van der Waals surface area (Å²) >= 11 is 0. The summed E-state index contributed by atoms with van der Waals surface area (Å²) in [7, 11) is 1.77. The van der Waals surface area contributed by atoms with Gasteiger partial charge in [0.2, 0.25) is 0 Å². The van der Waals surface area contributed by atoms with Crippen LogP contribution in [-0.4, -0.2) is 59.0 Å². The lowest BCUT2D eigenvalue weighted by atomic mass is 9.75. The van der Waals surface area contributed by atoms with E-state index in [1.54, 1.807) is 7.11 Å². The monoisotopic (exact) mass is 406 g/mol. The van der Waals surface area contributed by atoms with Gasteiger partial charge in [-0.05, 0) is 74.1 Å². The molecule has 2 unspecified atom stereocenters. The summed E-state index contributed by atoms with van der Waals surface area (Å²) in [5, 5.41) is 2.39. The van der Waals surface area contributed by atoms with Gasteiger partial charge in [-0.2, -0.15) is 0 Å². The fourth-order valence-electron chi connectivity index (χ4n) is 5.80. The van der Waals surface area contributed by atoms with Crippen LogP contribution >= 0.6 is 0 Å². The Balaban J connectivity index is 1.33. The molecule has 0 bridgehead atoms. The zero-order valence-electron chi connectivity index (χ0n) is 17.6. The first-order chi connectivity index (χ1) is 14.8. The summed E-state index contributed by atoms with van der Waals surface area (Å²) in [5.74, 6) is 1.55. The third-order valence-corrected chi connectivity index (χ3v) is 7.30. The molecule has 2 fully saturated rings. The normalized spacial score (nSPS) is 26.4. The highest BCUT2D eigenvalue weighted by molar-refractivity contribution is 6.05. The second-order valence-electron chi connectivity index (χ2n) is 9.01. The number of nitrogens with zero attached hydrogens (tertiary/aromatic N) is 3. The van der Waals surface area contributed by atoms with Crippen molar-refractivity contribution in [1.82, 2.24) is 19.9 Å². The maximum absolute atomic E-state index is 12.0. The molecule has 1 N–H and O–H groups in total. The van der Waals surface area contributed by atoms with Gasteiger partial charge in [-0.25, -0.2) is 9.97 Å². The Morgan fingerprint density at radius 2 is 2.10 bits per heavy atom. The van der Waals surface area contributed by atoms with Crippen LogP contribution in [0.15, 0.2) is 30.7 Å². The third-order valence-electron chi connectivity index (χ3n) is 7.30. The molecule has 1 aliphatic heterocycles. The van der Waals surface area contributed by atoms with E-state index in [4.69, 9.17) is 4.74 Å². The number of pyridine rings is 2. The summed E-state index contributed by atoms with van der Waals surface area (Å²) in [6.07, 6.45) is 12.6. The number of hydrogen-bond acceptors (Lipinski definition) is 5. The molecular formula is C24H30N4O2. The number of carbonyl (C=O) groups is 1. The Hall–Kier alpha value is -2.31. The molecule has 0 amide bonds. The Morgan fingerprint density at radius 1 is 1.23 bits per heavy atom. The molecule has 1 saturated carbocycles. The lowest BCUT2D eigenvalue weighted by molar-refractivity contribution is -0.114. The van der Waals surface area contributed by atoms with Gasteiger partial charge in [-0.3, -0.25) is 4.90 Å². The van der Waals surface area contributed by atoms with Crippen LogP contribution in [0.5, 0.6) is 0 Å². The van der Waals surface area contributed by atoms with Crippen LogP contribution < -0.4 is 0 Å². The van der Waals surface area contributed by atoms with Crippen molar-refractivity contribution in [3.63, 3.8) is 0 Å². The van der Waals surface area contributed by atoms with E-state index in [0.29, 0.717) is 17.8 Å². The van der Waals surface area contributed by atoms with Gasteiger partial charge in [0.1, 0.15) is 6.29 Å². The number of aromatic nitrogens is 3. The van der Waals surface area contributed by atoms with Gasteiger partial charge in [-0.1, -0.05) is 0 Å². The first kappa shape index (κ1) is 19.6. The van der Waals surface area contributed by atoms with Crippen molar-refractivity contribution in [2.45, 2.75) is 44.1 Å². The first-order valence-corrected chi connectivity index (χ1v) is 11.2. The number of methoxy groups -OCH3 is 1. The van der Waals surface area contributed by atoms with Crippen LogP contribution in [0.2, 0.25) is 0 Å². The van der Waals surface area contributed by atoms with Crippen molar-refractivity contribution in [2.75, 3.05) is 26.8 Å². The average molecular weight is 407 g/mol. The van der Waals surface area contributed by atoms with Crippen molar-refractivity contribution in [3.05, 3.63) is 36.3 Å². The largest absolute Gasteiger partial charge is 0.384 e. The Morgan fingerprint density at radius 3 is 2.90 bits per heavy atom. The summed E-state index contributed by atoms with van der Waals surface area (Å²) in [6, 6.07) is 4.36.